The molecule has 20 heavy (non-hydrogen) atoms. The Hall–Kier alpha value is -0.970. The van der Waals surface area contributed by atoms with Crippen LogP contribution in [0, 0.1) is 5.92 Å². The average molecular weight is 319 g/mol. The molecule has 1 aliphatic rings. The van der Waals surface area contributed by atoms with Crippen LogP contribution in [-0.2, 0) is 4.79 Å². The summed E-state index contributed by atoms with van der Waals surface area (Å²) in [5, 5.41) is 6.74. The molecule has 0 aromatic heterocycles. The summed E-state index contributed by atoms with van der Waals surface area (Å²) in [6, 6.07) is 5.19. The van der Waals surface area contributed by atoms with Crippen molar-refractivity contribution >= 4 is 35.6 Å². The third-order valence-electron chi connectivity index (χ3n) is 3.38. The molecule has 0 saturated carbocycles. The molecule has 2 N–H and O–H groups in total. The number of methoxy groups -OCH3 is 1. The van der Waals surface area contributed by atoms with Gasteiger partial charge in [-0.2, -0.15) is 0 Å². The summed E-state index contributed by atoms with van der Waals surface area (Å²) in [6.45, 7) is 2.09. The van der Waals surface area contributed by atoms with Gasteiger partial charge in [0.25, 0.3) is 0 Å². The van der Waals surface area contributed by atoms with Gasteiger partial charge in [0.05, 0.1) is 12.8 Å². The standard InChI is InChI=1S/C14H19ClN2O2.ClH/c1-19-13-4-3-11(15)8-12(13)17-14(18)5-2-10-6-7-16-9-10;/h3-4,8,10,16H,2,5-7,9H2,1H3,(H,17,18);1H. The van der Waals surface area contributed by atoms with Gasteiger partial charge in [-0.1, -0.05) is 11.6 Å². The molecule has 2 rings (SSSR count). The molecule has 1 heterocycles. The number of anilines is 1. The Morgan fingerprint density at radius 1 is 1.55 bits per heavy atom. The number of benzene rings is 1. The monoisotopic (exact) mass is 318 g/mol. The first-order chi connectivity index (χ1) is 9.19. The summed E-state index contributed by atoms with van der Waals surface area (Å²) >= 11 is 5.92. The minimum atomic E-state index is 0. The topological polar surface area (TPSA) is 50.4 Å². The highest BCUT2D eigenvalue weighted by molar-refractivity contribution is 6.31. The maximum Gasteiger partial charge on any atom is 0.224 e. The molecule has 0 bridgehead atoms. The highest BCUT2D eigenvalue weighted by atomic mass is 35.5. The summed E-state index contributed by atoms with van der Waals surface area (Å²) in [7, 11) is 1.57. The molecule has 1 aromatic rings. The Labute approximate surface area is 130 Å². The van der Waals surface area contributed by atoms with Crippen LogP contribution in [0.1, 0.15) is 19.3 Å². The number of nitrogens with one attached hydrogen (secondary N) is 2. The quantitative estimate of drug-likeness (QED) is 0.877. The van der Waals surface area contributed by atoms with Crippen molar-refractivity contribution < 1.29 is 9.53 Å². The fourth-order valence-corrected chi connectivity index (χ4v) is 2.46. The van der Waals surface area contributed by atoms with Crippen LogP contribution in [0.15, 0.2) is 18.2 Å². The van der Waals surface area contributed by atoms with E-state index in [0.29, 0.717) is 28.8 Å². The predicted molar refractivity (Wildman–Crippen MR) is 84.1 cm³/mol. The highest BCUT2D eigenvalue weighted by Gasteiger charge is 2.16. The van der Waals surface area contributed by atoms with Crippen LogP contribution in [0.3, 0.4) is 0 Å². The van der Waals surface area contributed by atoms with Gasteiger partial charge < -0.3 is 15.4 Å². The van der Waals surface area contributed by atoms with Crippen molar-refractivity contribution in [2.75, 3.05) is 25.5 Å². The lowest BCUT2D eigenvalue weighted by molar-refractivity contribution is -0.116. The van der Waals surface area contributed by atoms with Crippen molar-refractivity contribution in [3.63, 3.8) is 0 Å². The Morgan fingerprint density at radius 2 is 2.35 bits per heavy atom. The average Bonchev–Trinajstić information content (AvgIpc) is 2.90. The molecule has 0 radical (unpaired) electrons. The number of hydrogen-bond acceptors (Lipinski definition) is 3. The summed E-state index contributed by atoms with van der Waals surface area (Å²) in [4.78, 5) is 11.9. The van der Waals surface area contributed by atoms with Gasteiger partial charge >= 0.3 is 0 Å². The number of halogens is 2. The van der Waals surface area contributed by atoms with Gasteiger partial charge in [-0.25, -0.2) is 0 Å². The molecule has 1 saturated heterocycles. The molecule has 1 amide bonds. The van der Waals surface area contributed by atoms with E-state index in [1.54, 1.807) is 25.3 Å². The number of ether oxygens (including phenoxy) is 1. The second-order valence-corrected chi connectivity index (χ2v) is 5.23. The lowest BCUT2D eigenvalue weighted by atomic mass is 10.0. The van der Waals surface area contributed by atoms with E-state index >= 15 is 0 Å². The minimum Gasteiger partial charge on any atom is -0.495 e. The van der Waals surface area contributed by atoms with Crippen LogP contribution < -0.4 is 15.4 Å². The summed E-state index contributed by atoms with van der Waals surface area (Å²) in [5.41, 5.74) is 0.629. The van der Waals surface area contributed by atoms with Gasteiger partial charge in [0.2, 0.25) is 5.91 Å². The van der Waals surface area contributed by atoms with Gasteiger partial charge in [-0.15, -0.1) is 12.4 Å². The summed E-state index contributed by atoms with van der Waals surface area (Å²) in [5.74, 6) is 1.25. The van der Waals surface area contributed by atoms with E-state index in [4.69, 9.17) is 16.3 Å². The molecule has 1 atom stereocenters. The van der Waals surface area contributed by atoms with Crippen LogP contribution in [0.25, 0.3) is 0 Å². The molecule has 1 aromatic carbocycles. The number of hydrogen-bond donors (Lipinski definition) is 2. The predicted octanol–water partition coefficient (Wildman–Crippen LogP) is 3.10. The Morgan fingerprint density at radius 3 is 3.00 bits per heavy atom. The Balaban J connectivity index is 0.00000200. The van der Waals surface area contributed by atoms with Gasteiger partial charge in [-0.3, -0.25) is 4.79 Å². The molecule has 0 aliphatic carbocycles. The van der Waals surface area contributed by atoms with Crippen molar-refractivity contribution in [1.29, 1.82) is 0 Å². The van der Waals surface area contributed by atoms with Crippen LogP contribution in [0.4, 0.5) is 5.69 Å². The Bertz CT molecular complexity index is 449. The van der Waals surface area contributed by atoms with Crippen molar-refractivity contribution in [3.05, 3.63) is 23.2 Å². The van der Waals surface area contributed by atoms with Crippen LogP contribution in [-0.4, -0.2) is 26.1 Å². The van der Waals surface area contributed by atoms with E-state index in [2.05, 4.69) is 10.6 Å². The van der Waals surface area contributed by atoms with E-state index < -0.39 is 0 Å². The number of carbonyl (C=O) groups is 1. The molecular formula is C14H20Cl2N2O2. The van der Waals surface area contributed by atoms with Gasteiger partial charge in [0.15, 0.2) is 0 Å². The van der Waals surface area contributed by atoms with Crippen LogP contribution in [0.5, 0.6) is 5.75 Å². The SMILES string of the molecule is COc1ccc(Cl)cc1NC(=O)CCC1CCNC1.Cl. The number of rotatable bonds is 5. The fraction of sp³-hybridized carbons (Fsp3) is 0.500. The fourth-order valence-electron chi connectivity index (χ4n) is 2.29. The van der Waals surface area contributed by atoms with Crippen molar-refractivity contribution in [3.8, 4) is 5.75 Å². The maximum absolute atomic E-state index is 11.9. The smallest absolute Gasteiger partial charge is 0.224 e. The van der Waals surface area contributed by atoms with Crippen LogP contribution in [0.2, 0.25) is 5.02 Å². The summed E-state index contributed by atoms with van der Waals surface area (Å²) < 4.78 is 5.20. The second kappa shape index (κ2) is 8.35. The second-order valence-electron chi connectivity index (χ2n) is 4.79. The van der Waals surface area contributed by atoms with Crippen molar-refractivity contribution in [2.24, 2.45) is 5.92 Å². The van der Waals surface area contributed by atoms with Gasteiger partial charge in [0.1, 0.15) is 5.75 Å². The molecule has 112 valence electrons. The van der Waals surface area contributed by atoms with E-state index in [0.717, 1.165) is 25.9 Å². The minimum absolute atomic E-state index is 0. The molecule has 6 heteroatoms. The number of carbonyl (C=O) groups excluding carboxylic acids is 1. The lowest BCUT2D eigenvalue weighted by Gasteiger charge is -2.11. The van der Waals surface area contributed by atoms with Gasteiger partial charge in [-0.05, 0) is 50.0 Å². The zero-order valence-corrected chi connectivity index (χ0v) is 13.0. The lowest BCUT2D eigenvalue weighted by Crippen LogP contribution is -2.15. The first kappa shape index (κ1) is 17.1. The zero-order valence-electron chi connectivity index (χ0n) is 11.4. The molecule has 4 nitrogen and oxygen atoms in total. The van der Waals surface area contributed by atoms with E-state index in [-0.39, 0.29) is 18.3 Å². The van der Waals surface area contributed by atoms with Crippen molar-refractivity contribution in [1.82, 2.24) is 5.32 Å². The first-order valence-corrected chi connectivity index (χ1v) is 6.91. The normalized spacial score (nSPS) is 17.4. The molecule has 1 fully saturated rings. The summed E-state index contributed by atoms with van der Waals surface area (Å²) in [6.07, 6.45) is 2.61. The van der Waals surface area contributed by atoms with E-state index in [1.807, 2.05) is 0 Å². The highest BCUT2D eigenvalue weighted by Crippen LogP contribution is 2.28. The molecule has 1 aliphatic heterocycles. The first-order valence-electron chi connectivity index (χ1n) is 6.53. The maximum atomic E-state index is 11.9. The zero-order chi connectivity index (χ0) is 13.7. The van der Waals surface area contributed by atoms with Crippen LogP contribution >= 0.6 is 24.0 Å². The molecule has 1 unspecified atom stereocenters. The van der Waals surface area contributed by atoms with E-state index in [9.17, 15) is 4.79 Å². The van der Waals surface area contributed by atoms with Gasteiger partial charge in [0, 0.05) is 11.4 Å². The Kier molecular flexibility index (Phi) is 7.13. The molecular weight excluding hydrogens is 299 g/mol. The largest absolute Gasteiger partial charge is 0.495 e. The third-order valence-corrected chi connectivity index (χ3v) is 3.61. The van der Waals surface area contributed by atoms with E-state index in [1.165, 1.54) is 0 Å². The molecule has 0 spiro atoms. The third kappa shape index (κ3) is 4.85. The number of amides is 1. The van der Waals surface area contributed by atoms with Crippen molar-refractivity contribution in [2.45, 2.75) is 19.3 Å².